The molecule has 19 heavy (non-hydrogen) atoms. The minimum absolute atomic E-state index is 0.00528. The van der Waals surface area contributed by atoms with Crippen LogP contribution in [0, 0.1) is 0 Å². The van der Waals surface area contributed by atoms with E-state index in [1.165, 1.54) is 0 Å². The lowest BCUT2D eigenvalue weighted by molar-refractivity contribution is 0.484. The van der Waals surface area contributed by atoms with Gasteiger partial charge in [-0.05, 0) is 25.3 Å². The van der Waals surface area contributed by atoms with E-state index in [9.17, 15) is 13.0 Å². The summed E-state index contributed by atoms with van der Waals surface area (Å²) < 4.78 is 33.0. The smallest absolute Gasteiger partial charge is 0.297 e. The quantitative estimate of drug-likeness (QED) is 0.874. The fourth-order valence-electron chi connectivity index (χ4n) is 2.32. The Labute approximate surface area is 113 Å². The molecule has 0 amide bonds. The summed E-state index contributed by atoms with van der Waals surface area (Å²) >= 11 is 0. The van der Waals surface area contributed by atoms with Gasteiger partial charge >= 0.3 is 0 Å². The van der Waals surface area contributed by atoms with Gasteiger partial charge < -0.3 is 4.90 Å². The standard InChI is InChI=1S/C14H17NO3S/c1-3-15(4-2)13-10-9-11-7-5-6-8-12(11)14(13)19(16,17)18/h5-10H,3-4H2,1-2H3,(H,16,17,18). The molecule has 0 bridgehead atoms. The third-order valence-electron chi connectivity index (χ3n) is 3.22. The molecule has 0 saturated carbocycles. The van der Waals surface area contributed by atoms with Crippen molar-refractivity contribution in [1.82, 2.24) is 0 Å². The topological polar surface area (TPSA) is 57.6 Å². The van der Waals surface area contributed by atoms with Gasteiger partial charge in [-0.1, -0.05) is 30.3 Å². The first-order valence-corrected chi connectivity index (χ1v) is 7.67. The van der Waals surface area contributed by atoms with E-state index in [-0.39, 0.29) is 4.90 Å². The van der Waals surface area contributed by atoms with Crippen LogP contribution in [-0.4, -0.2) is 26.1 Å². The highest BCUT2D eigenvalue weighted by Gasteiger charge is 2.21. The van der Waals surface area contributed by atoms with E-state index < -0.39 is 10.1 Å². The molecule has 0 spiro atoms. The number of benzene rings is 2. The van der Waals surface area contributed by atoms with E-state index >= 15 is 0 Å². The lowest BCUT2D eigenvalue weighted by Crippen LogP contribution is -2.24. The maximum absolute atomic E-state index is 11.7. The van der Waals surface area contributed by atoms with Crippen LogP contribution in [0.25, 0.3) is 10.8 Å². The minimum atomic E-state index is -4.27. The largest absolute Gasteiger partial charge is 0.371 e. The van der Waals surface area contributed by atoms with Gasteiger partial charge in [0.2, 0.25) is 0 Å². The summed E-state index contributed by atoms with van der Waals surface area (Å²) in [7, 11) is -4.27. The maximum atomic E-state index is 11.7. The van der Waals surface area contributed by atoms with E-state index in [0.29, 0.717) is 24.2 Å². The van der Waals surface area contributed by atoms with Gasteiger partial charge in [0.15, 0.2) is 0 Å². The molecule has 0 atom stereocenters. The Hall–Kier alpha value is -1.59. The lowest BCUT2D eigenvalue weighted by atomic mass is 10.1. The first-order chi connectivity index (χ1) is 8.99. The van der Waals surface area contributed by atoms with E-state index in [4.69, 9.17) is 0 Å². The summed E-state index contributed by atoms with van der Waals surface area (Å²) in [6.07, 6.45) is 0. The third kappa shape index (κ3) is 2.57. The summed E-state index contributed by atoms with van der Waals surface area (Å²) in [6.45, 7) is 5.26. The number of hydrogen-bond donors (Lipinski definition) is 1. The summed E-state index contributed by atoms with van der Waals surface area (Å²) in [5, 5.41) is 1.35. The van der Waals surface area contributed by atoms with Gasteiger partial charge in [0.1, 0.15) is 4.90 Å². The second-order valence-corrected chi connectivity index (χ2v) is 5.64. The van der Waals surface area contributed by atoms with Crippen molar-refractivity contribution in [3.05, 3.63) is 36.4 Å². The highest BCUT2D eigenvalue weighted by molar-refractivity contribution is 7.86. The molecule has 4 nitrogen and oxygen atoms in total. The fourth-order valence-corrected chi connectivity index (χ4v) is 3.24. The highest BCUT2D eigenvalue weighted by Crippen LogP contribution is 2.32. The molecule has 2 aromatic rings. The van der Waals surface area contributed by atoms with Crippen molar-refractivity contribution in [3.8, 4) is 0 Å². The molecule has 0 saturated heterocycles. The molecule has 0 fully saturated rings. The Morgan fingerprint density at radius 3 is 2.26 bits per heavy atom. The summed E-state index contributed by atoms with van der Waals surface area (Å²) in [5.74, 6) is 0. The van der Waals surface area contributed by atoms with Crippen molar-refractivity contribution in [3.63, 3.8) is 0 Å². The highest BCUT2D eigenvalue weighted by atomic mass is 32.2. The maximum Gasteiger partial charge on any atom is 0.297 e. The van der Waals surface area contributed by atoms with Crippen LogP contribution in [0.2, 0.25) is 0 Å². The van der Waals surface area contributed by atoms with Crippen molar-refractivity contribution < 1.29 is 13.0 Å². The zero-order chi connectivity index (χ0) is 14.0. The number of nitrogens with zero attached hydrogens (tertiary/aromatic N) is 1. The van der Waals surface area contributed by atoms with Crippen molar-refractivity contribution in [1.29, 1.82) is 0 Å². The normalized spacial score (nSPS) is 11.7. The van der Waals surface area contributed by atoms with Crippen LogP contribution < -0.4 is 4.90 Å². The predicted octanol–water partition coefficient (Wildman–Crippen LogP) is 2.93. The van der Waals surface area contributed by atoms with E-state index in [1.807, 2.05) is 36.9 Å². The van der Waals surface area contributed by atoms with Crippen LogP contribution >= 0.6 is 0 Å². The Kier molecular flexibility index (Phi) is 3.78. The molecule has 0 heterocycles. The molecular weight excluding hydrogens is 262 g/mol. The molecule has 0 radical (unpaired) electrons. The van der Waals surface area contributed by atoms with Crippen molar-refractivity contribution >= 4 is 26.6 Å². The average molecular weight is 279 g/mol. The second kappa shape index (κ2) is 5.19. The molecule has 0 aromatic heterocycles. The monoisotopic (exact) mass is 279 g/mol. The molecule has 0 unspecified atom stereocenters. The van der Waals surface area contributed by atoms with Gasteiger partial charge in [0, 0.05) is 18.5 Å². The molecule has 0 aliphatic carbocycles. The molecule has 102 valence electrons. The zero-order valence-electron chi connectivity index (χ0n) is 11.0. The van der Waals surface area contributed by atoms with E-state index in [0.717, 1.165) is 5.39 Å². The summed E-state index contributed by atoms with van der Waals surface area (Å²) in [6, 6.07) is 10.8. The Balaban J connectivity index is 2.85. The summed E-state index contributed by atoms with van der Waals surface area (Å²) in [5.41, 5.74) is 0.547. The van der Waals surface area contributed by atoms with Crippen LogP contribution in [0.4, 0.5) is 5.69 Å². The molecule has 1 N–H and O–H groups in total. The van der Waals surface area contributed by atoms with Gasteiger partial charge in [-0.25, -0.2) is 0 Å². The van der Waals surface area contributed by atoms with E-state index in [2.05, 4.69) is 0 Å². The van der Waals surface area contributed by atoms with Gasteiger partial charge in [-0.3, -0.25) is 4.55 Å². The fraction of sp³-hybridized carbons (Fsp3) is 0.286. The van der Waals surface area contributed by atoms with Crippen LogP contribution in [-0.2, 0) is 10.1 Å². The number of rotatable bonds is 4. The number of hydrogen-bond acceptors (Lipinski definition) is 3. The van der Waals surface area contributed by atoms with Gasteiger partial charge in [-0.2, -0.15) is 8.42 Å². The summed E-state index contributed by atoms with van der Waals surface area (Å²) in [4.78, 5) is 1.91. The van der Waals surface area contributed by atoms with Crippen LogP contribution in [0.5, 0.6) is 0 Å². The van der Waals surface area contributed by atoms with Crippen LogP contribution in [0.1, 0.15) is 13.8 Å². The van der Waals surface area contributed by atoms with Crippen molar-refractivity contribution in [2.45, 2.75) is 18.7 Å². The Morgan fingerprint density at radius 1 is 1.05 bits per heavy atom. The SMILES string of the molecule is CCN(CC)c1ccc2ccccc2c1S(=O)(=O)O. The molecule has 2 rings (SSSR count). The third-order valence-corrected chi connectivity index (χ3v) is 4.17. The molecule has 5 heteroatoms. The molecule has 0 aliphatic heterocycles. The first-order valence-electron chi connectivity index (χ1n) is 6.23. The molecular formula is C14H17NO3S. The number of fused-ring (bicyclic) bond motifs is 1. The first kappa shape index (κ1) is 13.8. The number of anilines is 1. The lowest BCUT2D eigenvalue weighted by Gasteiger charge is -2.24. The van der Waals surface area contributed by atoms with Gasteiger partial charge in [0.05, 0.1) is 5.69 Å². The predicted molar refractivity (Wildman–Crippen MR) is 77.3 cm³/mol. The minimum Gasteiger partial charge on any atom is -0.371 e. The van der Waals surface area contributed by atoms with Crippen molar-refractivity contribution in [2.75, 3.05) is 18.0 Å². The zero-order valence-corrected chi connectivity index (χ0v) is 11.8. The van der Waals surface area contributed by atoms with Crippen LogP contribution in [0.3, 0.4) is 0 Å². The molecule has 2 aromatic carbocycles. The van der Waals surface area contributed by atoms with Gasteiger partial charge in [0.25, 0.3) is 10.1 Å². The second-order valence-electron chi connectivity index (χ2n) is 4.28. The Bertz CT molecular complexity index is 691. The van der Waals surface area contributed by atoms with E-state index in [1.54, 1.807) is 18.2 Å². The average Bonchev–Trinajstić information content (AvgIpc) is 2.38. The van der Waals surface area contributed by atoms with Gasteiger partial charge in [-0.15, -0.1) is 0 Å². The molecule has 0 aliphatic rings. The van der Waals surface area contributed by atoms with Crippen LogP contribution in [0.15, 0.2) is 41.3 Å². The van der Waals surface area contributed by atoms with Crippen molar-refractivity contribution in [2.24, 2.45) is 0 Å². The Morgan fingerprint density at radius 2 is 1.68 bits per heavy atom.